The third kappa shape index (κ3) is 4.67. The van der Waals surface area contributed by atoms with E-state index in [-0.39, 0.29) is 23.7 Å². The van der Waals surface area contributed by atoms with Crippen LogP contribution in [-0.4, -0.2) is 48.9 Å². The molecule has 2 amide bonds. The summed E-state index contributed by atoms with van der Waals surface area (Å²) in [6, 6.07) is 6.58. The van der Waals surface area contributed by atoms with E-state index in [1.165, 1.54) is 12.1 Å². The lowest BCUT2D eigenvalue weighted by molar-refractivity contribution is -0.131. The van der Waals surface area contributed by atoms with Crippen molar-refractivity contribution in [3.05, 3.63) is 35.6 Å². The lowest BCUT2D eigenvalue weighted by atomic mass is 9.63. The highest BCUT2D eigenvalue weighted by Crippen LogP contribution is 2.44. The van der Waals surface area contributed by atoms with Crippen LogP contribution in [0.2, 0.25) is 0 Å². The van der Waals surface area contributed by atoms with Crippen LogP contribution in [0, 0.1) is 5.82 Å². The minimum atomic E-state index is -0.570. The van der Waals surface area contributed by atoms with Crippen LogP contribution >= 0.6 is 0 Å². The molecular formula is C21H30FN3O2. The zero-order valence-electron chi connectivity index (χ0n) is 16.1. The van der Waals surface area contributed by atoms with Gasteiger partial charge in [0, 0.05) is 25.7 Å². The van der Waals surface area contributed by atoms with Crippen molar-refractivity contribution in [2.24, 2.45) is 0 Å². The molecule has 1 heterocycles. The molecule has 2 fully saturated rings. The highest BCUT2D eigenvalue weighted by atomic mass is 19.1. The standard InChI is InChI=1S/C21H30FN3O2/c1-2-11-23-19(26)15-25-12-7-18(8-13-25)24-20(27)21(9-4-10-21)16-5-3-6-17(22)14-16/h3,5-6,14,18H,2,4,7-13,15H2,1H3,(H,23,26)(H,24,27). The van der Waals surface area contributed by atoms with Gasteiger partial charge in [-0.05, 0) is 49.8 Å². The summed E-state index contributed by atoms with van der Waals surface area (Å²) in [6.07, 6.45) is 5.16. The molecule has 1 aromatic rings. The van der Waals surface area contributed by atoms with Gasteiger partial charge in [-0.3, -0.25) is 14.5 Å². The normalized spacial score (nSPS) is 19.9. The molecule has 1 aliphatic heterocycles. The first-order valence-electron chi connectivity index (χ1n) is 10.1. The first-order valence-corrected chi connectivity index (χ1v) is 10.1. The van der Waals surface area contributed by atoms with Crippen molar-refractivity contribution in [3.8, 4) is 0 Å². The fraction of sp³-hybridized carbons (Fsp3) is 0.619. The predicted octanol–water partition coefficient (Wildman–Crippen LogP) is 2.35. The number of amides is 2. The second-order valence-electron chi connectivity index (χ2n) is 7.82. The van der Waals surface area contributed by atoms with E-state index >= 15 is 0 Å². The molecule has 3 rings (SSSR count). The van der Waals surface area contributed by atoms with Gasteiger partial charge in [0.25, 0.3) is 0 Å². The van der Waals surface area contributed by atoms with E-state index < -0.39 is 5.41 Å². The maximum absolute atomic E-state index is 13.6. The Balaban J connectivity index is 1.51. The van der Waals surface area contributed by atoms with Crippen LogP contribution in [0.15, 0.2) is 24.3 Å². The van der Waals surface area contributed by atoms with Crippen molar-refractivity contribution in [2.45, 2.75) is 56.9 Å². The minimum absolute atomic E-state index is 0.0264. The third-order valence-electron chi connectivity index (χ3n) is 5.88. The number of likely N-dealkylation sites (tertiary alicyclic amines) is 1. The van der Waals surface area contributed by atoms with E-state index in [1.807, 2.05) is 13.0 Å². The molecule has 2 N–H and O–H groups in total. The molecule has 1 saturated heterocycles. The Hall–Kier alpha value is -1.95. The van der Waals surface area contributed by atoms with Gasteiger partial charge in [0.2, 0.25) is 11.8 Å². The van der Waals surface area contributed by atoms with Crippen LogP contribution < -0.4 is 10.6 Å². The Kier molecular flexibility index (Phi) is 6.47. The average molecular weight is 375 g/mol. The molecule has 1 saturated carbocycles. The van der Waals surface area contributed by atoms with Crippen molar-refractivity contribution in [2.75, 3.05) is 26.2 Å². The largest absolute Gasteiger partial charge is 0.355 e. The summed E-state index contributed by atoms with van der Waals surface area (Å²) in [7, 11) is 0. The first kappa shape index (κ1) is 19.8. The topological polar surface area (TPSA) is 61.4 Å². The van der Waals surface area contributed by atoms with Crippen LogP contribution in [0.5, 0.6) is 0 Å². The molecule has 6 heteroatoms. The molecule has 27 heavy (non-hydrogen) atoms. The number of piperidine rings is 1. The molecule has 5 nitrogen and oxygen atoms in total. The number of hydrogen-bond donors (Lipinski definition) is 2. The van der Waals surface area contributed by atoms with Gasteiger partial charge in [-0.15, -0.1) is 0 Å². The summed E-state index contributed by atoms with van der Waals surface area (Å²) >= 11 is 0. The fourth-order valence-electron chi connectivity index (χ4n) is 4.05. The number of nitrogens with zero attached hydrogens (tertiary/aromatic N) is 1. The maximum atomic E-state index is 13.6. The van der Waals surface area contributed by atoms with Crippen LogP contribution in [0.25, 0.3) is 0 Å². The summed E-state index contributed by atoms with van der Waals surface area (Å²) in [5, 5.41) is 6.10. The fourth-order valence-corrected chi connectivity index (χ4v) is 4.05. The lowest BCUT2D eigenvalue weighted by Crippen LogP contribution is -2.54. The van der Waals surface area contributed by atoms with Crippen molar-refractivity contribution in [1.29, 1.82) is 0 Å². The lowest BCUT2D eigenvalue weighted by Gasteiger charge is -2.42. The van der Waals surface area contributed by atoms with E-state index in [1.54, 1.807) is 6.07 Å². The molecule has 0 unspecified atom stereocenters. The Morgan fingerprint density at radius 3 is 2.59 bits per heavy atom. The molecule has 0 atom stereocenters. The highest BCUT2D eigenvalue weighted by Gasteiger charge is 2.46. The van der Waals surface area contributed by atoms with Gasteiger partial charge in [0.15, 0.2) is 0 Å². The Bertz CT molecular complexity index is 667. The zero-order valence-corrected chi connectivity index (χ0v) is 16.1. The van der Waals surface area contributed by atoms with Crippen LogP contribution in [0.1, 0.15) is 51.0 Å². The highest BCUT2D eigenvalue weighted by molar-refractivity contribution is 5.89. The zero-order chi connectivity index (χ0) is 19.3. The van der Waals surface area contributed by atoms with E-state index in [2.05, 4.69) is 15.5 Å². The summed E-state index contributed by atoms with van der Waals surface area (Å²) in [6.45, 7) is 4.78. The van der Waals surface area contributed by atoms with E-state index in [9.17, 15) is 14.0 Å². The van der Waals surface area contributed by atoms with Crippen molar-refractivity contribution < 1.29 is 14.0 Å². The molecule has 148 valence electrons. The van der Waals surface area contributed by atoms with Crippen LogP contribution in [-0.2, 0) is 15.0 Å². The predicted molar refractivity (Wildman–Crippen MR) is 103 cm³/mol. The molecule has 0 spiro atoms. The second kappa shape index (κ2) is 8.83. The van der Waals surface area contributed by atoms with Gasteiger partial charge in [0.05, 0.1) is 12.0 Å². The van der Waals surface area contributed by atoms with Crippen molar-refractivity contribution >= 4 is 11.8 Å². The number of nitrogens with one attached hydrogen (secondary N) is 2. The quantitative estimate of drug-likeness (QED) is 0.769. The summed E-state index contributed by atoms with van der Waals surface area (Å²) < 4.78 is 13.6. The third-order valence-corrected chi connectivity index (χ3v) is 5.88. The average Bonchev–Trinajstić information content (AvgIpc) is 2.61. The molecule has 2 aliphatic rings. The molecule has 0 aromatic heterocycles. The number of carbonyl (C=O) groups is 2. The number of halogens is 1. The Labute approximate surface area is 160 Å². The summed E-state index contributed by atoms with van der Waals surface area (Å²) in [5.41, 5.74) is 0.218. The van der Waals surface area contributed by atoms with Gasteiger partial charge >= 0.3 is 0 Å². The summed E-state index contributed by atoms with van der Waals surface area (Å²) in [5.74, 6) is -0.196. The van der Waals surface area contributed by atoms with Crippen LogP contribution in [0.3, 0.4) is 0 Å². The smallest absolute Gasteiger partial charge is 0.234 e. The number of hydrogen-bond acceptors (Lipinski definition) is 3. The summed E-state index contributed by atoms with van der Waals surface area (Å²) in [4.78, 5) is 27.0. The minimum Gasteiger partial charge on any atom is -0.355 e. The van der Waals surface area contributed by atoms with E-state index in [0.29, 0.717) is 13.1 Å². The molecule has 0 bridgehead atoms. The Morgan fingerprint density at radius 2 is 2.00 bits per heavy atom. The molecular weight excluding hydrogens is 345 g/mol. The molecule has 0 radical (unpaired) electrons. The first-order chi connectivity index (χ1) is 13.0. The SMILES string of the molecule is CCCNC(=O)CN1CCC(NC(=O)C2(c3cccc(F)c3)CCC2)CC1. The van der Waals surface area contributed by atoms with Gasteiger partial charge < -0.3 is 10.6 Å². The van der Waals surface area contributed by atoms with Gasteiger partial charge in [-0.25, -0.2) is 4.39 Å². The second-order valence-corrected chi connectivity index (χ2v) is 7.82. The van der Waals surface area contributed by atoms with Crippen LogP contribution in [0.4, 0.5) is 4.39 Å². The number of benzene rings is 1. The van der Waals surface area contributed by atoms with Crippen molar-refractivity contribution in [1.82, 2.24) is 15.5 Å². The van der Waals surface area contributed by atoms with E-state index in [4.69, 9.17) is 0 Å². The maximum Gasteiger partial charge on any atom is 0.234 e. The van der Waals surface area contributed by atoms with Crippen molar-refractivity contribution in [3.63, 3.8) is 0 Å². The van der Waals surface area contributed by atoms with Gasteiger partial charge in [0.1, 0.15) is 5.82 Å². The number of rotatable bonds is 7. The number of carbonyl (C=O) groups excluding carboxylic acids is 2. The molecule has 1 aromatic carbocycles. The van der Waals surface area contributed by atoms with Gasteiger partial charge in [-0.1, -0.05) is 25.5 Å². The Morgan fingerprint density at radius 1 is 1.26 bits per heavy atom. The van der Waals surface area contributed by atoms with E-state index in [0.717, 1.165) is 57.2 Å². The van der Waals surface area contributed by atoms with Gasteiger partial charge in [-0.2, -0.15) is 0 Å². The molecule has 1 aliphatic carbocycles. The monoisotopic (exact) mass is 375 g/mol.